The highest BCUT2D eigenvalue weighted by Gasteiger charge is 2.18. The molecule has 0 fully saturated rings. The monoisotopic (exact) mass is 698 g/mol. The van der Waals surface area contributed by atoms with Gasteiger partial charge in [0.25, 0.3) is 5.69 Å². The predicted molar refractivity (Wildman–Crippen MR) is 190 cm³/mol. The Morgan fingerprint density at radius 2 is 1.81 bits per heavy atom. The summed E-state index contributed by atoms with van der Waals surface area (Å²) in [6.45, 7) is 4.32. The van der Waals surface area contributed by atoms with E-state index in [2.05, 4.69) is 27.4 Å². The van der Waals surface area contributed by atoms with Crippen molar-refractivity contribution in [1.82, 2.24) is 19.7 Å². The lowest BCUT2D eigenvalue weighted by atomic mass is 10.1. The molecule has 1 N–H and O–H groups in total. The van der Waals surface area contributed by atoms with Crippen molar-refractivity contribution in [1.29, 1.82) is 0 Å². The zero-order valence-electron chi connectivity index (χ0n) is 26.2. The third-order valence-corrected chi connectivity index (χ3v) is 10.5. The van der Waals surface area contributed by atoms with E-state index in [-0.39, 0.29) is 24.0 Å². The van der Waals surface area contributed by atoms with Crippen LogP contribution in [0, 0.1) is 24.0 Å². The molecule has 0 bridgehead atoms. The van der Waals surface area contributed by atoms with E-state index in [0.717, 1.165) is 31.6 Å². The number of amides is 1. The summed E-state index contributed by atoms with van der Waals surface area (Å²) in [5.41, 5.74) is 5.39. The van der Waals surface area contributed by atoms with Crippen molar-refractivity contribution in [2.24, 2.45) is 0 Å². The Morgan fingerprint density at radius 1 is 0.979 bits per heavy atom. The normalized spacial score (nSPS) is 11.1. The summed E-state index contributed by atoms with van der Waals surface area (Å²) in [6.07, 6.45) is 0. The van der Waals surface area contributed by atoms with Crippen LogP contribution in [0.3, 0.4) is 0 Å². The standard InChI is InChI=1S/C34H30N6O5S3/c1-21-9-12-27(15-22(21)2)45-18-31-37-38-33(39(31)25-7-5-4-6-8-25)46-20-32(41)35-24-10-13-28-30(17-24)48-34(36-28)47-19-23-16-26(40(42)43)11-14-29(23)44-3/h4-17H,18-20H2,1-3H3,(H,35,41). The van der Waals surface area contributed by atoms with Crippen molar-refractivity contribution in [2.75, 3.05) is 18.2 Å². The largest absolute Gasteiger partial charge is 0.496 e. The topological polar surface area (TPSA) is 134 Å². The van der Waals surface area contributed by atoms with E-state index >= 15 is 0 Å². The van der Waals surface area contributed by atoms with Crippen molar-refractivity contribution < 1.29 is 19.2 Å². The first-order valence-electron chi connectivity index (χ1n) is 14.7. The van der Waals surface area contributed by atoms with E-state index in [9.17, 15) is 14.9 Å². The molecular weight excluding hydrogens is 669 g/mol. The number of ether oxygens (including phenoxy) is 2. The molecule has 0 radical (unpaired) electrons. The Morgan fingerprint density at radius 3 is 2.58 bits per heavy atom. The van der Waals surface area contributed by atoms with Gasteiger partial charge in [0.15, 0.2) is 15.3 Å². The fraction of sp³-hybridized carbons (Fsp3) is 0.176. The van der Waals surface area contributed by atoms with Gasteiger partial charge in [0.2, 0.25) is 5.91 Å². The van der Waals surface area contributed by atoms with Crippen molar-refractivity contribution in [3.63, 3.8) is 0 Å². The number of para-hydroxylation sites is 1. The maximum absolute atomic E-state index is 13.1. The first kappa shape index (κ1) is 33.0. The molecule has 2 aromatic heterocycles. The first-order chi connectivity index (χ1) is 23.3. The Kier molecular flexibility index (Phi) is 10.2. The lowest BCUT2D eigenvalue weighted by Crippen LogP contribution is -2.14. The number of benzene rings is 4. The molecule has 6 rings (SSSR count). The lowest BCUT2D eigenvalue weighted by Gasteiger charge is -2.12. The van der Waals surface area contributed by atoms with Crippen LogP contribution in [0.4, 0.5) is 11.4 Å². The molecule has 0 aliphatic heterocycles. The number of nitro benzene ring substituents is 1. The number of carbonyl (C=O) groups excluding carboxylic acids is 1. The SMILES string of the molecule is COc1ccc([N+](=O)[O-])cc1CSc1nc2ccc(NC(=O)CSc3nnc(COc4ccc(C)c(C)c4)n3-c3ccccc3)cc2s1. The van der Waals surface area contributed by atoms with Crippen molar-refractivity contribution in [2.45, 2.75) is 35.7 Å². The number of aromatic nitrogens is 4. The molecule has 48 heavy (non-hydrogen) atoms. The molecule has 11 nitrogen and oxygen atoms in total. The molecule has 0 atom stereocenters. The third kappa shape index (κ3) is 7.78. The van der Waals surface area contributed by atoms with Gasteiger partial charge in [-0.05, 0) is 73.5 Å². The van der Waals surface area contributed by atoms with Gasteiger partial charge in [0, 0.05) is 34.8 Å². The molecule has 0 saturated carbocycles. The Hall–Kier alpha value is -4.92. The number of fused-ring (bicyclic) bond motifs is 1. The number of methoxy groups -OCH3 is 1. The minimum Gasteiger partial charge on any atom is -0.496 e. The number of nitrogens with zero attached hydrogens (tertiary/aromatic N) is 5. The Balaban J connectivity index is 1.10. The summed E-state index contributed by atoms with van der Waals surface area (Å²) >= 11 is 4.25. The minimum atomic E-state index is -0.422. The molecule has 2 heterocycles. The highest BCUT2D eigenvalue weighted by Crippen LogP contribution is 2.36. The highest BCUT2D eigenvalue weighted by molar-refractivity contribution is 8.00. The molecule has 244 valence electrons. The van der Waals surface area contributed by atoms with Gasteiger partial charge in [0.05, 0.1) is 28.0 Å². The van der Waals surface area contributed by atoms with Crippen molar-refractivity contribution in [3.05, 3.63) is 118 Å². The molecule has 1 amide bonds. The average Bonchev–Trinajstić information content (AvgIpc) is 3.70. The number of aryl methyl sites for hydroxylation is 2. The zero-order valence-corrected chi connectivity index (χ0v) is 28.7. The van der Waals surface area contributed by atoms with Crippen molar-refractivity contribution >= 4 is 62.4 Å². The third-order valence-electron chi connectivity index (χ3n) is 7.37. The summed E-state index contributed by atoms with van der Waals surface area (Å²) in [5.74, 6) is 2.35. The minimum absolute atomic E-state index is 0.0113. The molecule has 0 aliphatic carbocycles. The molecule has 0 unspecified atom stereocenters. The van der Waals surface area contributed by atoms with E-state index < -0.39 is 4.92 Å². The number of nitro groups is 1. The summed E-state index contributed by atoms with van der Waals surface area (Å²) in [5, 5.41) is 23.6. The van der Waals surface area contributed by atoms with E-state index in [1.54, 1.807) is 6.07 Å². The quantitative estimate of drug-likeness (QED) is 0.0718. The van der Waals surface area contributed by atoms with Gasteiger partial charge in [-0.25, -0.2) is 4.98 Å². The van der Waals surface area contributed by atoms with E-state index in [1.807, 2.05) is 78.2 Å². The molecule has 14 heteroatoms. The van der Waals surface area contributed by atoms with E-state index in [1.165, 1.54) is 59.7 Å². The number of hydrogen-bond acceptors (Lipinski definition) is 11. The first-order valence-corrected chi connectivity index (χ1v) is 17.5. The number of thiazole rings is 1. The Bertz CT molecular complexity index is 2100. The fourth-order valence-corrected chi connectivity index (χ4v) is 7.63. The summed E-state index contributed by atoms with van der Waals surface area (Å²) < 4.78 is 15.1. The number of rotatable bonds is 13. The number of carbonyl (C=O) groups is 1. The maximum atomic E-state index is 13.1. The van der Waals surface area contributed by atoms with Gasteiger partial charge < -0.3 is 14.8 Å². The van der Waals surface area contributed by atoms with Gasteiger partial charge in [0.1, 0.15) is 18.1 Å². The molecule has 4 aromatic carbocycles. The Labute approximate surface area is 288 Å². The summed E-state index contributed by atoms with van der Waals surface area (Å²) in [6, 6.07) is 25.8. The average molecular weight is 699 g/mol. The van der Waals surface area contributed by atoms with Gasteiger partial charge in [-0.15, -0.1) is 21.5 Å². The fourth-order valence-electron chi connectivity index (χ4n) is 4.78. The van der Waals surface area contributed by atoms with Crippen LogP contribution < -0.4 is 14.8 Å². The van der Waals surface area contributed by atoms with Crippen LogP contribution in [0.1, 0.15) is 22.5 Å². The van der Waals surface area contributed by atoms with Crippen LogP contribution in [0.5, 0.6) is 11.5 Å². The van der Waals surface area contributed by atoms with Gasteiger partial charge >= 0.3 is 0 Å². The van der Waals surface area contributed by atoms with Gasteiger partial charge in [-0.2, -0.15) is 0 Å². The number of anilines is 1. The van der Waals surface area contributed by atoms with Crippen molar-refractivity contribution in [3.8, 4) is 17.2 Å². The highest BCUT2D eigenvalue weighted by atomic mass is 32.2. The molecule has 0 saturated heterocycles. The van der Waals surface area contributed by atoms with E-state index in [0.29, 0.717) is 33.7 Å². The predicted octanol–water partition coefficient (Wildman–Crippen LogP) is 8.01. The number of thioether (sulfide) groups is 2. The number of hydrogen-bond donors (Lipinski definition) is 1. The second-order valence-electron chi connectivity index (χ2n) is 10.6. The zero-order chi connectivity index (χ0) is 33.6. The second-order valence-corrected chi connectivity index (χ2v) is 13.8. The van der Waals surface area contributed by atoms with Crippen LogP contribution >= 0.6 is 34.9 Å². The lowest BCUT2D eigenvalue weighted by molar-refractivity contribution is -0.384. The molecular formula is C34H30N6O5S3. The summed E-state index contributed by atoms with van der Waals surface area (Å²) in [7, 11) is 1.54. The molecule has 0 aliphatic rings. The van der Waals surface area contributed by atoms with Crippen LogP contribution in [0.15, 0.2) is 94.4 Å². The van der Waals surface area contributed by atoms with Crippen LogP contribution in [0.2, 0.25) is 0 Å². The van der Waals surface area contributed by atoms with Crippen LogP contribution in [-0.2, 0) is 17.2 Å². The number of nitrogens with one attached hydrogen (secondary N) is 1. The summed E-state index contributed by atoms with van der Waals surface area (Å²) in [4.78, 5) is 28.5. The van der Waals surface area contributed by atoms with Crippen LogP contribution in [-0.4, -0.2) is 43.4 Å². The van der Waals surface area contributed by atoms with Gasteiger partial charge in [-0.3, -0.25) is 19.5 Å². The molecule has 0 spiro atoms. The number of non-ortho nitro benzene ring substituents is 1. The van der Waals surface area contributed by atoms with Gasteiger partial charge in [-0.1, -0.05) is 47.8 Å². The maximum Gasteiger partial charge on any atom is 0.270 e. The van der Waals surface area contributed by atoms with Crippen LogP contribution in [0.25, 0.3) is 15.9 Å². The second kappa shape index (κ2) is 14.9. The van der Waals surface area contributed by atoms with E-state index in [4.69, 9.17) is 9.47 Å². The smallest absolute Gasteiger partial charge is 0.270 e. The molecule has 6 aromatic rings.